The maximum Gasteiger partial charge on any atom is 0.261 e. The Balaban J connectivity index is 1.85. The minimum absolute atomic E-state index is 0.00704. The van der Waals surface area contributed by atoms with Gasteiger partial charge in [-0.05, 0) is 61.2 Å². The molecular formula is C23H28N4O3S. The second-order valence-electron chi connectivity index (χ2n) is 7.28. The average Bonchev–Trinajstić information content (AvgIpc) is 2.79. The van der Waals surface area contributed by atoms with E-state index in [9.17, 15) is 9.59 Å². The molecule has 0 aliphatic rings. The number of carbonyl (C=O) groups excluding carboxylic acids is 1. The predicted octanol–water partition coefficient (Wildman–Crippen LogP) is 3.42. The zero-order chi connectivity index (χ0) is 22.5. The lowest BCUT2D eigenvalue weighted by Gasteiger charge is -2.30. The van der Waals surface area contributed by atoms with Gasteiger partial charge in [0, 0.05) is 19.2 Å². The number of rotatable bonds is 8. The van der Waals surface area contributed by atoms with Gasteiger partial charge in [-0.25, -0.2) is 0 Å². The van der Waals surface area contributed by atoms with Gasteiger partial charge in [0.15, 0.2) is 4.77 Å². The maximum atomic E-state index is 12.9. The predicted molar refractivity (Wildman–Crippen MR) is 125 cm³/mol. The van der Waals surface area contributed by atoms with Crippen LogP contribution >= 0.6 is 12.2 Å². The van der Waals surface area contributed by atoms with Crippen LogP contribution in [-0.2, 0) is 7.05 Å². The van der Waals surface area contributed by atoms with Crippen molar-refractivity contribution in [1.29, 1.82) is 0 Å². The number of aromatic nitrogens is 2. The van der Waals surface area contributed by atoms with Crippen LogP contribution in [-0.4, -0.2) is 47.1 Å². The van der Waals surface area contributed by atoms with Gasteiger partial charge in [0.25, 0.3) is 11.5 Å². The third-order valence-electron chi connectivity index (χ3n) is 5.55. The smallest absolute Gasteiger partial charge is 0.261 e. The first-order valence-corrected chi connectivity index (χ1v) is 10.7. The van der Waals surface area contributed by atoms with Gasteiger partial charge >= 0.3 is 0 Å². The molecule has 1 heterocycles. The van der Waals surface area contributed by atoms with Crippen molar-refractivity contribution >= 4 is 29.0 Å². The number of nitrogens with one attached hydrogen (secondary N) is 2. The van der Waals surface area contributed by atoms with Crippen molar-refractivity contribution in [2.75, 3.05) is 26.7 Å². The molecule has 164 valence electrons. The van der Waals surface area contributed by atoms with Crippen LogP contribution in [0.4, 0.5) is 0 Å². The van der Waals surface area contributed by atoms with E-state index in [1.165, 1.54) is 4.57 Å². The van der Waals surface area contributed by atoms with E-state index in [1.807, 2.05) is 24.3 Å². The van der Waals surface area contributed by atoms with E-state index >= 15 is 0 Å². The van der Waals surface area contributed by atoms with Gasteiger partial charge in [0.1, 0.15) is 5.75 Å². The molecule has 0 saturated heterocycles. The summed E-state index contributed by atoms with van der Waals surface area (Å²) in [5, 5.41) is 3.54. The molecule has 0 saturated carbocycles. The first kappa shape index (κ1) is 22.7. The van der Waals surface area contributed by atoms with Crippen LogP contribution in [0.25, 0.3) is 10.9 Å². The van der Waals surface area contributed by atoms with Gasteiger partial charge in [-0.15, -0.1) is 0 Å². The fourth-order valence-electron chi connectivity index (χ4n) is 3.71. The van der Waals surface area contributed by atoms with Crippen molar-refractivity contribution < 1.29 is 9.53 Å². The first-order valence-electron chi connectivity index (χ1n) is 10.3. The number of fused-ring (bicyclic) bond motifs is 1. The molecule has 0 aliphatic carbocycles. The molecular weight excluding hydrogens is 412 g/mol. The summed E-state index contributed by atoms with van der Waals surface area (Å²) in [7, 11) is 3.26. The number of hydrogen-bond donors (Lipinski definition) is 2. The molecule has 1 amide bonds. The monoisotopic (exact) mass is 440 g/mol. The van der Waals surface area contributed by atoms with Crippen molar-refractivity contribution in [3.8, 4) is 5.75 Å². The normalized spacial score (nSPS) is 12.2. The summed E-state index contributed by atoms with van der Waals surface area (Å²) in [5.41, 5.74) is 1.91. The van der Waals surface area contributed by atoms with E-state index in [0.29, 0.717) is 27.8 Å². The van der Waals surface area contributed by atoms with Crippen LogP contribution in [0.2, 0.25) is 0 Å². The number of benzene rings is 2. The van der Waals surface area contributed by atoms with Crippen LogP contribution in [0.15, 0.2) is 47.3 Å². The highest BCUT2D eigenvalue weighted by Crippen LogP contribution is 2.24. The molecule has 0 fully saturated rings. The molecule has 1 atom stereocenters. The Morgan fingerprint density at radius 1 is 1.23 bits per heavy atom. The summed E-state index contributed by atoms with van der Waals surface area (Å²) in [6, 6.07) is 12.9. The van der Waals surface area contributed by atoms with E-state index in [4.69, 9.17) is 17.0 Å². The fraction of sp³-hybridized carbons (Fsp3) is 0.348. The largest absolute Gasteiger partial charge is 0.497 e. The third kappa shape index (κ3) is 4.86. The van der Waals surface area contributed by atoms with Gasteiger partial charge in [0.05, 0.1) is 24.1 Å². The number of aromatic amines is 1. The van der Waals surface area contributed by atoms with Crippen LogP contribution in [0.5, 0.6) is 5.75 Å². The molecule has 0 aliphatic heterocycles. The number of amides is 1. The summed E-state index contributed by atoms with van der Waals surface area (Å²) >= 11 is 5.18. The van der Waals surface area contributed by atoms with Crippen molar-refractivity contribution in [3.05, 3.63) is 68.7 Å². The number of ether oxygens (including phenoxy) is 1. The first-order chi connectivity index (χ1) is 14.9. The molecule has 31 heavy (non-hydrogen) atoms. The fourth-order valence-corrected chi connectivity index (χ4v) is 3.90. The van der Waals surface area contributed by atoms with E-state index in [1.54, 1.807) is 32.4 Å². The highest BCUT2D eigenvalue weighted by atomic mass is 32.1. The van der Waals surface area contributed by atoms with E-state index in [-0.39, 0.29) is 17.5 Å². The van der Waals surface area contributed by atoms with E-state index in [0.717, 1.165) is 24.4 Å². The SMILES string of the molecule is CCN(CC)C(CNC(=O)c1ccc2c(=O)n(C)c(=S)[nH]c2c1)c1cccc(OC)c1. The Morgan fingerprint density at radius 3 is 2.65 bits per heavy atom. The quantitative estimate of drug-likeness (QED) is 0.525. The summed E-state index contributed by atoms with van der Waals surface area (Å²) in [6.07, 6.45) is 0. The lowest BCUT2D eigenvalue weighted by atomic mass is 10.0. The van der Waals surface area contributed by atoms with Crippen LogP contribution in [0.1, 0.15) is 35.8 Å². The minimum Gasteiger partial charge on any atom is -0.497 e. The van der Waals surface area contributed by atoms with Crippen molar-refractivity contribution in [2.24, 2.45) is 7.05 Å². The molecule has 0 radical (unpaired) electrons. The Kier molecular flexibility index (Phi) is 7.25. The second kappa shape index (κ2) is 9.89. The van der Waals surface area contributed by atoms with Gasteiger partial charge in [-0.3, -0.25) is 19.1 Å². The molecule has 0 spiro atoms. The summed E-state index contributed by atoms with van der Waals surface area (Å²) in [6.45, 7) is 6.35. The number of hydrogen-bond acceptors (Lipinski definition) is 5. The summed E-state index contributed by atoms with van der Waals surface area (Å²) in [5.74, 6) is 0.578. The molecule has 0 bridgehead atoms. The number of nitrogens with zero attached hydrogens (tertiary/aromatic N) is 2. The third-order valence-corrected chi connectivity index (χ3v) is 5.93. The van der Waals surface area contributed by atoms with Crippen molar-refractivity contribution in [2.45, 2.75) is 19.9 Å². The highest BCUT2D eigenvalue weighted by Gasteiger charge is 2.20. The molecule has 1 aromatic heterocycles. The standard InChI is InChI=1S/C23H28N4O3S/c1-5-27(6-2)20(15-8-7-9-17(12-15)30-4)14-24-21(28)16-10-11-18-19(13-16)25-23(31)26(3)22(18)29/h7-13,20H,5-6,14H2,1-4H3,(H,24,28)(H,25,31). The van der Waals surface area contributed by atoms with E-state index in [2.05, 4.69) is 29.0 Å². The van der Waals surface area contributed by atoms with Gasteiger partial charge in [0.2, 0.25) is 0 Å². The van der Waals surface area contributed by atoms with Gasteiger partial charge in [-0.1, -0.05) is 26.0 Å². The topological polar surface area (TPSA) is 79.4 Å². The molecule has 2 N–H and O–H groups in total. The average molecular weight is 441 g/mol. The molecule has 7 nitrogen and oxygen atoms in total. The van der Waals surface area contributed by atoms with Crippen LogP contribution in [0, 0.1) is 4.77 Å². The van der Waals surface area contributed by atoms with Crippen LogP contribution in [0.3, 0.4) is 0 Å². The zero-order valence-electron chi connectivity index (χ0n) is 18.3. The maximum absolute atomic E-state index is 12.9. The van der Waals surface area contributed by atoms with E-state index < -0.39 is 0 Å². The number of H-pyrrole nitrogens is 1. The van der Waals surface area contributed by atoms with Gasteiger partial charge in [-0.2, -0.15) is 0 Å². The van der Waals surface area contributed by atoms with Crippen LogP contribution < -0.4 is 15.6 Å². The Hall–Kier alpha value is -2.97. The Bertz CT molecular complexity index is 1200. The summed E-state index contributed by atoms with van der Waals surface area (Å²) in [4.78, 5) is 30.6. The van der Waals surface area contributed by atoms with Crippen molar-refractivity contribution in [1.82, 2.24) is 19.8 Å². The highest BCUT2D eigenvalue weighted by molar-refractivity contribution is 7.71. The molecule has 3 aromatic rings. The molecule has 3 rings (SSSR count). The Morgan fingerprint density at radius 2 is 1.97 bits per heavy atom. The van der Waals surface area contributed by atoms with Crippen molar-refractivity contribution in [3.63, 3.8) is 0 Å². The second-order valence-corrected chi connectivity index (χ2v) is 7.67. The molecule has 2 aromatic carbocycles. The summed E-state index contributed by atoms with van der Waals surface area (Å²) < 4.78 is 7.06. The molecule has 8 heteroatoms. The Labute approximate surface area is 186 Å². The minimum atomic E-state index is -0.207. The molecule has 1 unspecified atom stereocenters. The number of carbonyl (C=O) groups is 1. The lowest BCUT2D eigenvalue weighted by molar-refractivity contribution is 0.0935. The number of methoxy groups -OCH3 is 1. The number of likely N-dealkylation sites (N-methyl/N-ethyl adjacent to an activating group) is 1. The lowest BCUT2D eigenvalue weighted by Crippen LogP contribution is -2.38. The van der Waals surface area contributed by atoms with Gasteiger partial charge < -0.3 is 15.0 Å². The zero-order valence-corrected chi connectivity index (χ0v) is 19.1.